The van der Waals surface area contributed by atoms with Gasteiger partial charge in [0.15, 0.2) is 4.34 Å². The van der Waals surface area contributed by atoms with E-state index in [-0.39, 0.29) is 17.5 Å². The van der Waals surface area contributed by atoms with E-state index in [1.54, 1.807) is 12.1 Å². The number of anilines is 2. The zero-order valence-corrected chi connectivity index (χ0v) is 20.1. The van der Waals surface area contributed by atoms with Gasteiger partial charge >= 0.3 is 0 Å². The molecule has 0 bridgehead atoms. The summed E-state index contributed by atoms with van der Waals surface area (Å²) in [5.74, 6) is -0.188. The van der Waals surface area contributed by atoms with E-state index in [0.717, 1.165) is 28.3 Å². The van der Waals surface area contributed by atoms with E-state index in [2.05, 4.69) is 25.9 Å². The van der Waals surface area contributed by atoms with Gasteiger partial charge in [-0.25, -0.2) is 9.07 Å². The van der Waals surface area contributed by atoms with E-state index in [1.807, 2.05) is 49.7 Å². The Kier molecular flexibility index (Phi) is 7.05. The predicted octanol–water partition coefficient (Wildman–Crippen LogP) is 5.13. The van der Waals surface area contributed by atoms with Crippen molar-refractivity contribution in [3.05, 3.63) is 76.9 Å². The Hall–Kier alpha value is -3.24. The Morgan fingerprint density at radius 2 is 1.79 bits per heavy atom. The van der Waals surface area contributed by atoms with Crippen LogP contribution in [0.3, 0.4) is 0 Å². The molecule has 0 unspecified atom stereocenters. The standard InChI is InChI=1S/C23H23FN6OS2/c1-14-4-10-19(11-5-14)30-16(3)21(15(2)29-30)26-20(31)13-32-23-28-27-22(33-23)25-12-17-6-8-18(24)9-7-17/h4-11H,12-13H2,1-3H3,(H,25,27)(H,26,31). The first-order valence-corrected chi connectivity index (χ1v) is 12.1. The largest absolute Gasteiger partial charge is 0.356 e. The van der Waals surface area contributed by atoms with Crippen molar-refractivity contribution in [1.29, 1.82) is 0 Å². The fraction of sp³-hybridized carbons (Fsp3) is 0.217. The second-order valence-electron chi connectivity index (χ2n) is 7.48. The van der Waals surface area contributed by atoms with Crippen molar-refractivity contribution in [3.8, 4) is 5.69 Å². The molecular weight excluding hydrogens is 459 g/mol. The topological polar surface area (TPSA) is 84.7 Å². The van der Waals surface area contributed by atoms with Crippen LogP contribution in [-0.2, 0) is 11.3 Å². The molecule has 1 amide bonds. The molecule has 2 aromatic heterocycles. The molecule has 7 nitrogen and oxygen atoms in total. The fourth-order valence-corrected chi connectivity index (χ4v) is 4.73. The molecule has 0 radical (unpaired) electrons. The number of aromatic nitrogens is 4. The summed E-state index contributed by atoms with van der Waals surface area (Å²) in [5, 5.41) is 19.6. The number of rotatable bonds is 8. The highest BCUT2D eigenvalue weighted by atomic mass is 32.2. The lowest BCUT2D eigenvalue weighted by Gasteiger charge is -2.07. The van der Waals surface area contributed by atoms with Gasteiger partial charge in [-0.3, -0.25) is 4.79 Å². The van der Waals surface area contributed by atoms with Crippen molar-refractivity contribution >= 4 is 39.8 Å². The number of carbonyl (C=O) groups is 1. The molecule has 0 saturated carbocycles. The highest BCUT2D eigenvalue weighted by Crippen LogP contribution is 2.27. The smallest absolute Gasteiger partial charge is 0.234 e. The van der Waals surface area contributed by atoms with Crippen LogP contribution in [0.4, 0.5) is 15.2 Å². The highest BCUT2D eigenvalue weighted by molar-refractivity contribution is 8.01. The fourth-order valence-electron chi connectivity index (χ4n) is 3.18. The number of nitrogens with one attached hydrogen (secondary N) is 2. The summed E-state index contributed by atoms with van der Waals surface area (Å²) in [6, 6.07) is 14.4. The monoisotopic (exact) mass is 482 g/mol. The molecule has 0 fully saturated rings. The average Bonchev–Trinajstić information content (AvgIpc) is 3.37. The number of hydrogen-bond acceptors (Lipinski definition) is 7. The lowest BCUT2D eigenvalue weighted by Crippen LogP contribution is -2.15. The first-order chi connectivity index (χ1) is 15.9. The van der Waals surface area contributed by atoms with Crippen molar-refractivity contribution < 1.29 is 9.18 Å². The van der Waals surface area contributed by atoms with Crippen molar-refractivity contribution in [2.75, 3.05) is 16.4 Å². The second kappa shape index (κ2) is 10.1. The highest BCUT2D eigenvalue weighted by Gasteiger charge is 2.16. The van der Waals surface area contributed by atoms with Crippen LogP contribution in [0.1, 0.15) is 22.5 Å². The minimum absolute atomic E-state index is 0.134. The molecule has 0 saturated heterocycles. The van der Waals surface area contributed by atoms with Gasteiger partial charge in [0.25, 0.3) is 0 Å². The number of benzene rings is 2. The summed E-state index contributed by atoms with van der Waals surface area (Å²) < 4.78 is 15.5. The quantitative estimate of drug-likeness (QED) is 0.339. The molecular formula is C23H23FN6OS2. The minimum Gasteiger partial charge on any atom is -0.356 e. The van der Waals surface area contributed by atoms with E-state index in [1.165, 1.54) is 40.8 Å². The van der Waals surface area contributed by atoms with Crippen LogP contribution in [-0.4, -0.2) is 31.6 Å². The average molecular weight is 483 g/mol. The summed E-state index contributed by atoms with van der Waals surface area (Å²) in [5.41, 5.74) is 5.42. The lowest BCUT2D eigenvalue weighted by molar-refractivity contribution is -0.113. The molecule has 33 heavy (non-hydrogen) atoms. The first kappa shape index (κ1) is 22.9. The van der Waals surface area contributed by atoms with Crippen LogP contribution in [0.25, 0.3) is 5.69 Å². The number of thioether (sulfide) groups is 1. The van der Waals surface area contributed by atoms with Gasteiger partial charge in [-0.1, -0.05) is 52.9 Å². The van der Waals surface area contributed by atoms with Crippen LogP contribution >= 0.6 is 23.1 Å². The number of halogens is 1. The number of nitrogens with zero attached hydrogens (tertiary/aromatic N) is 4. The van der Waals surface area contributed by atoms with Gasteiger partial charge in [-0.05, 0) is 50.6 Å². The third-order valence-electron chi connectivity index (χ3n) is 4.92. The summed E-state index contributed by atoms with van der Waals surface area (Å²) >= 11 is 2.70. The third-order valence-corrected chi connectivity index (χ3v) is 6.94. The van der Waals surface area contributed by atoms with Crippen LogP contribution in [0.15, 0.2) is 52.9 Å². The number of aryl methyl sites for hydroxylation is 2. The summed E-state index contributed by atoms with van der Waals surface area (Å²) in [6.45, 7) is 6.37. The summed E-state index contributed by atoms with van der Waals surface area (Å²) in [6.07, 6.45) is 0. The van der Waals surface area contributed by atoms with E-state index in [4.69, 9.17) is 0 Å². The van der Waals surface area contributed by atoms with E-state index in [9.17, 15) is 9.18 Å². The normalized spacial score (nSPS) is 10.9. The van der Waals surface area contributed by atoms with Gasteiger partial charge in [-0.15, -0.1) is 10.2 Å². The second-order valence-corrected chi connectivity index (χ2v) is 9.68. The maximum absolute atomic E-state index is 13.0. The Morgan fingerprint density at radius 3 is 2.52 bits per heavy atom. The molecule has 0 aliphatic carbocycles. The van der Waals surface area contributed by atoms with Crippen molar-refractivity contribution in [3.63, 3.8) is 0 Å². The van der Waals surface area contributed by atoms with Gasteiger partial charge in [0.1, 0.15) is 5.82 Å². The SMILES string of the molecule is Cc1ccc(-n2nc(C)c(NC(=O)CSc3nnc(NCc4ccc(F)cc4)s3)c2C)cc1. The van der Waals surface area contributed by atoms with Crippen molar-refractivity contribution in [2.24, 2.45) is 0 Å². The van der Waals surface area contributed by atoms with Gasteiger partial charge in [0.2, 0.25) is 11.0 Å². The van der Waals surface area contributed by atoms with Crippen LogP contribution < -0.4 is 10.6 Å². The summed E-state index contributed by atoms with van der Waals surface area (Å²) in [4.78, 5) is 12.6. The molecule has 0 aliphatic rings. The van der Waals surface area contributed by atoms with Gasteiger partial charge in [0, 0.05) is 6.54 Å². The van der Waals surface area contributed by atoms with E-state index < -0.39 is 0 Å². The zero-order valence-electron chi connectivity index (χ0n) is 18.4. The van der Waals surface area contributed by atoms with Gasteiger partial charge in [-0.2, -0.15) is 5.10 Å². The molecule has 2 N–H and O–H groups in total. The Morgan fingerprint density at radius 1 is 1.06 bits per heavy atom. The molecule has 2 aromatic carbocycles. The Labute approximate surface area is 199 Å². The molecule has 0 atom stereocenters. The number of carbonyl (C=O) groups excluding carboxylic acids is 1. The zero-order chi connectivity index (χ0) is 23.4. The van der Waals surface area contributed by atoms with Crippen LogP contribution in [0.5, 0.6) is 0 Å². The Bertz CT molecular complexity index is 1250. The first-order valence-electron chi connectivity index (χ1n) is 10.3. The maximum atomic E-state index is 13.0. The Balaban J connectivity index is 1.32. The molecule has 170 valence electrons. The van der Waals surface area contributed by atoms with E-state index >= 15 is 0 Å². The molecule has 0 spiro atoms. The van der Waals surface area contributed by atoms with Gasteiger partial charge in [0.05, 0.1) is 28.5 Å². The van der Waals surface area contributed by atoms with Crippen LogP contribution in [0.2, 0.25) is 0 Å². The lowest BCUT2D eigenvalue weighted by atomic mass is 10.2. The van der Waals surface area contributed by atoms with Crippen molar-refractivity contribution in [2.45, 2.75) is 31.7 Å². The molecule has 10 heteroatoms. The van der Waals surface area contributed by atoms with Crippen molar-refractivity contribution in [1.82, 2.24) is 20.0 Å². The van der Waals surface area contributed by atoms with E-state index in [0.29, 0.717) is 16.0 Å². The molecule has 2 heterocycles. The number of amides is 1. The molecule has 0 aliphatic heterocycles. The van der Waals surface area contributed by atoms with Gasteiger partial charge < -0.3 is 10.6 Å². The summed E-state index contributed by atoms with van der Waals surface area (Å²) in [7, 11) is 0. The maximum Gasteiger partial charge on any atom is 0.234 e. The minimum atomic E-state index is -0.264. The molecule has 4 rings (SSSR count). The number of hydrogen-bond donors (Lipinski definition) is 2. The molecule has 4 aromatic rings. The third kappa shape index (κ3) is 5.77. The predicted molar refractivity (Wildman–Crippen MR) is 131 cm³/mol. The van der Waals surface area contributed by atoms with Crippen LogP contribution in [0, 0.1) is 26.6 Å².